The van der Waals surface area contributed by atoms with Gasteiger partial charge in [0.1, 0.15) is 5.82 Å². The predicted molar refractivity (Wildman–Crippen MR) is 161 cm³/mol. The van der Waals surface area contributed by atoms with E-state index >= 15 is 0 Å². The van der Waals surface area contributed by atoms with Gasteiger partial charge >= 0.3 is 0 Å². The first-order chi connectivity index (χ1) is 18.6. The zero-order chi connectivity index (χ0) is 26.3. The van der Waals surface area contributed by atoms with E-state index in [9.17, 15) is 0 Å². The smallest absolute Gasteiger partial charge is 0.132 e. The van der Waals surface area contributed by atoms with Crippen LogP contribution in [-0.2, 0) is 0 Å². The van der Waals surface area contributed by atoms with Crippen LogP contribution < -0.4 is 0 Å². The van der Waals surface area contributed by atoms with Crippen LogP contribution in [0.3, 0.4) is 0 Å². The van der Waals surface area contributed by atoms with Crippen molar-refractivity contribution in [1.82, 2.24) is 9.97 Å². The molecule has 1 aromatic heterocycles. The van der Waals surface area contributed by atoms with Gasteiger partial charge in [-0.1, -0.05) is 111 Å². The summed E-state index contributed by atoms with van der Waals surface area (Å²) >= 11 is 6.23. The van der Waals surface area contributed by atoms with Crippen molar-refractivity contribution in [1.29, 1.82) is 0 Å². The van der Waals surface area contributed by atoms with Gasteiger partial charge in [0.2, 0.25) is 0 Å². The van der Waals surface area contributed by atoms with Crippen molar-refractivity contribution in [3.05, 3.63) is 107 Å². The van der Waals surface area contributed by atoms with E-state index in [4.69, 9.17) is 21.6 Å². The molecule has 3 heteroatoms. The molecule has 2 nitrogen and oxygen atoms in total. The van der Waals surface area contributed by atoms with Crippen LogP contribution in [-0.4, -0.2) is 9.97 Å². The minimum Gasteiger partial charge on any atom is -0.237 e. The van der Waals surface area contributed by atoms with Crippen LogP contribution in [0.2, 0.25) is 5.02 Å². The number of aromatic nitrogens is 2. The van der Waals surface area contributed by atoms with Crippen molar-refractivity contribution in [3.8, 4) is 22.4 Å². The molecule has 38 heavy (non-hydrogen) atoms. The zero-order valence-corrected chi connectivity index (χ0v) is 23.5. The highest BCUT2D eigenvalue weighted by atomic mass is 35.5. The van der Waals surface area contributed by atoms with Crippen LogP contribution in [0.15, 0.2) is 84.9 Å². The Morgan fingerprint density at radius 2 is 1.45 bits per heavy atom. The van der Waals surface area contributed by atoms with Gasteiger partial charge in [-0.3, -0.25) is 0 Å². The number of nitrogens with zero attached hydrogens (tertiary/aromatic N) is 2. The molecule has 0 N–H and O–H groups in total. The molecular formula is C35H39ClN2. The van der Waals surface area contributed by atoms with Crippen LogP contribution in [0, 0.1) is 0 Å². The third-order valence-corrected chi connectivity index (χ3v) is 8.43. The molecule has 1 fully saturated rings. The van der Waals surface area contributed by atoms with E-state index in [2.05, 4.69) is 80.6 Å². The number of halogens is 1. The molecule has 0 radical (unpaired) electrons. The quantitative estimate of drug-likeness (QED) is 0.204. The van der Waals surface area contributed by atoms with Gasteiger partial charge < -0.3 is 0 Å². The Balaban J connectivity index is 1.40. The van der Waals surface area contributed by atoms with E-state index in [-0.39, 0.29) is 0 Å². The minimum absolute atomic E-state index is 0.367. The first kappa shape index (κ1) is 26.6. The molecule has 4 aromatic rings. The van der Waals surface area contributed by atoms with E-state index < -0.39 is 0 Å². The maximum Gasteiger partial charge on any atom is 0.132 e. The fourth-order valence-corrected chi connectivity index (χ4v) is 6.03. The number of unbranched alkanes of at least 4 members (excludes halogenated alkanes) is 2. The van der Waals surface area contributed by atoms with Crippen LogP contribution >= 0.6 is 11.6 Å². The van der Waals surface area contributed by atoms with Gasteiger partial charge in [0.25, 0.3) is 0 Å². The summed E-state index contributed by atoms with van der Waals surface area (Å²) in [5.74, 6) is 2.55. The van der Waals surface area contributed by atoms with Crippen molar-refractivity contribution in [2.45, 2.75) is 83.0 Å². The zero-order valence-electron chi connectivity index (χ0n) is 22.7. The molecule has 1 saturated carbocycles. The van der Waals surface area contributed by atoms with Crippen molar-refractivity contribution in [3.63, 3.8) is 0 Å². The average molecular weight is 523 g/mol. The van der Waals surface area contributed by atoms with Crippen molar-refractivity contribution < 1.29 is 0 Å². The maximum absolute atomic E-state index is 6.23. The summed E-state index contributed by atoms with van der Waals surface area (Å²) in [5.41, 5.74) is 7.22. The first-order valence-electron chi connectivity index (χ1n) is 14.4. The summed E-state index contributed by atoms with van der Waals surface area (Å²) in [5, 5.41) is 0.760. The lowest BCUT2D eigenvalue weighted by molar-refractivity contribution is 0.389. The largest absolute Gasteiger partial charge is 0.237 e. The highest BCUT2D eigenvalue weighted by Gasteiger charge is 2.26. The van der Waals surface area contributed by atoms with E-state index in [0.29, 0.717) is 17.8 Å². The first-order valence-corrected chi connectivity index (χ1v) is 14.8. The molecule has 3 aromatic carbocycles. The second-order valence-corrected chi connectivity index (χ2v) is 11.4. The Morgan fingerprint density at radius 1 is 0.737 bits per heavy atom. The Morgan fingerprint density at radius 3 is 2.16 bits per heavy atom. The van der Waals surface area contributed by atoms with Crippen molar-refractivity contribution in [2.75, 3.05) is 0 Å². The minimum atomic E-state index is 0.367. The lowest BCUT2D eigenvalue weighted by Crippen LogP contribution is -2.15. The second-order valence-electron chi connectivity index (χ2n) is 11.0. The molecular weight excluding hydrogens is 484 g/mol. The van der Waals surface area contributed by atoms with Crippen molar-refractivity contribution >= 4 is 11.6 Å². The SMILES string of the molecule is CCCCCC(C)c1nc(-c2ccc(-c3cccc(Cl)c3)cc2)cc(C2CCC(c3ccccc3)CC2)n1. The molecule has 0 spiro atoms. The third kappa shape index (κ3) is 6.53. The van der Waals surface area contributed by atoms with Crippen LogP contribution in [0.5, 0.6) is 0 Å². The summed E-state index contributed by atoms with van der Waals surface area (Å²) in [6.07, 6.45) is 9.71. The van der Waals surface area contributed by atoms with E-state index in [1.54, 1.807) is 0 Å². The maximum atomic E-state index is 6.23. The van der Waals surface area contributed by atoms with Crippen LogP contribution in [0.4, 0.5) is 0 Å². The summed E-state index contributed by atoms with van der Waals surface area (Å²) < 4.78 is 0. The summed E-state index contributed by atoms with van der Waals surface area (Å²) in [6.45, 7) is 4.56. The molecule has 0 saturated heterocycles. The Hall–Kier alpha value is -2.97. The fourth-order valence-electron chi connectivity index (χ4n) is 5.84. The highest BCUT2D eigenvalue weighted by molar-refractivity contribution is 6.30. The standard InChI is InChI=1S/C35H39ClN2/c1-3-4-6-10-25(2)35-37-33(29-19-15-27(16-20-29)26-11-7-5-8-12-26)24-34(38-35)30-21-17-28(18-22-30)31-13-9-14-32(36)23-31/h5,7-9,11-14,17-18,21-25,27,29H,3-4,6,10,15-16,19-20H2,1-2H3. The number of rotatable bonds is 9. The molecule has 1 aliphatic carbocycles. The fraction of sp³-hybridized carbons (Fsp3) is 0.371. The normalized spacial score (nSPS) is 18.3. The molecule has 1 unspecified atom stereocenters. The van der Waals surface area contributed by atoms with E-state index in [0.717, 1.165) is 39.7 Å². The van der Waals surface area contributed by atoms with E-state index in [1.807, 2.05) is 18.2 Å². The Bertz CT molecular complexity index is 1310. The van der Waals surface area contributed by atoms with Gasteiger partial charge in [-0.2, -0.15) is 0 Å². The van der Waals surface area contributed by atoms with Gasteiger partial charge in [0, 0.05) is 28.1 Å². The van der Waals surface area contributed by atoms with Gasteiger partial charge in [-0.05, 0) is 72.9 Å². The van der Waals surface area contributed by atoms with Crippen LogP contribution in [0.1, 0.15) is 100 Å². The third-order valence-electron chi connectivity index (χ3n) is 8.20. The monoisotopic (exact) mass is 522 g/mol. The average Bonchev–Trinajstić information content (AvgIpc) is 2.97. The molecule has 0 aliphatic heterocycles. The molecule has 5 rings (SSSR count). The molecule has 0 bridgehead atoms. The second kappa shape index (κ2) is 12.7. The topological polar surface area (TPSA) is 25.8 Å². The summed E-state index contributed by atoms with van der Waals surface area (Å²) in [7, 11) is 0. The summed E-state index contributed by atoms with van der Waals surface area (Å²) in [6, 6.07) is 30.1. The van der Waals surface area contributed by atoms with Crippen molar-refractivity contribution in [2.24, 2.45) is 0 Å². The van der Waals surface area contributed by atoms with Gasteiger partial charge in [0.15, 0.2) is 0 Å². The Kier molecular flexibility index (Phi) is 8.91. The predicted octanol–water partition coefficient (Wildman–Crippen LogP) is 10.6. The van der Waals surface area contributed by atoms with Gasteiger partial charge in [0.05, 0.1) is 5.69 Å². The molecule has 1 aliphatic rings. The molecule has 0 amide bonds. The van der Waals surface area contributed by atoms with E-state index in [1.165, 1.54) is 56.2 Å². The number of hydrogen-bond donors (Lipinski definition) is 0. The number of benzene rings is 3. The highest BCUT2D eigenvalue weighted by Crippen LogP contribution is 2.41. The van der Waals surface area contributed by atoms with Gasteiger partial charge in [-0.15, -0.1) is 0 Å². The van der Waals surface area contributed by atoms with Crippen LogP contribution in [0.25, 0.3) is 22.4 Å². The lowest BCUT2D eigenvalue weighted by Gasteiger charge is -2.29. The lowest BCUT2D eigenvalue weighted by atomic mass is 9.77. The summed E-state index contributed by atoms with van der Waals surface area (Å²) in [4.78, 5) is 10.3. The Labute approximate surface area is 233 Å². The number of hydrogen-bond acceptors (Lipinski definition) is 2. The molecule has 1 atom stereocenters. The molecule has 196 valence electrons. The van der Waals surface area contributed by atoms with Gasteiger partial charge in [-0.25, -0.2) is 9.97 Å². The molecule has 1 heterocycles.